The molecule has 96 valence electrons. The minimum Gasteiger partial charge on any atom is -0.461 e. The predicted molar refractivity (Wildman–Crippen MR) is 62.4 cm³/mol. The zero-order chi connectivity index (χ0) is 13.8. The first-order chi connectivity index (χ1) is 9.19. The summed E-state index contributed by atoms with van der Waals surface area (Å²) in [7, 11) is 0. The van der Waals surface area contributed by atoms with E-state index in [2.05, 4.69) is 15.4 Å². The summed E-state index contributed by atoms with van der Waals surface area (Å²) >= 11 is 0. The largest absolute Gasteiger partial charge is 0.461 e. The second-order valence-electron chi connectivity index (χ2n) is 3.52. The molecule has 0 bridgehead atoms. The van der Waals surface area contributed by atoms with Gasteiger partial charge in [-0.25, -0.2) is 9.18 Å². The van der Waals surface area contributed by atoms with Crippen molar-refractivity contribution in [2.75, 3.05) is 6.61 Å². The standard InChI is InChI=1S/C12H9FN4O2/c1-2-19-12(18)11-10(15-17-16-11)9-7(6-14)4-3-5-8(9)13/h3-5H,2H2,1H3,(H,15,16,17). The van der Waals surface area contributed by atoms with Gasteiger partial charge in [0.1, 0.15) is 11.5 Å². The van der Waals surface area contributed by atoms with Crippen molar-refractivity contribution in [2.24, 2.45) is 0 Å². The van der Waals surface area contributed by atoms with Crippen LogP contribution in [0.5, 0.6) is 0 Å². The van der Waals surface area contributed by atoms with Crippen molar-refractivity contribution in [1.82, 2.24) is 15.4 Å². The van der Waals surface area contributed by atoms with Crippen LogP contribution in [0.15, 0.2) is 18.2 Å². The molecule has 1 aromatic carbocycles. The van der Waals surface area contributed by atoms with E-state index in [1.165, 1.54) is 18.2 Å². The van der Waals surface area contributed by atoms with E-state index in [0.29, 0.717) is 0 Å². The minimum absolute atomic E-state index is 0.0342. The van der Waals surface area contributed by atoms with E-state index in [0.717, 1.165) is 0 Å². The number of nitrogens with zero attached hydrogens (tertiary/aromatic N) is 3. The van der Waals surface area contributed by atoms with E-state index in [-0.39, 0.29) is 29.1 Å². The Morgan fingerprint density at radius 1 is 1.53 bits per heavy atom. The number of benzene rings is 1. The number of H-pyrrole nitrogens is 1. The molecule has 1 aromatic heterocycles. The molecule has 2 aromatic rings. The summed E-state index contributed by atoms with van der Waals surface area (Å²) < 4.78 is 18.6. The molecular formula is C12H9FN4O2. The van der Waals surface area contributed by atoms with Crippen LogP contribution < -0.4 is 0 Å². The second-order valence-corrected chi connectivity index (χ2v) is 3.52. The predicted octanol–water partition coefficient (Wildman–Crippen LogP) is 1.66. The molecule has 0 amide bonds. The van der Waals surface area contributed by atoms with Crippen LogP contribution in [0.4, 0.5) is 4.39 Å². The van der Waals surface area contributed by atoms with Gasteiger partial charge in [0.25, 0.3) is 0 Å². The van der Waals surface area contributed by atoms with Gasteiger partial charge >= 0.3 is 5.97 Å². The fourth-order valence-electron chi connectivity index (χ4n) is 1.60. The summed E-state index contributed by atoms with van der Waals surface area (Å²) in [5, 5.41) is 18.6. The SMILES string of the molecule is CCOC(=O)c1n[nH]nc1-c1c(F)cccc1C#N. The lowest BCUT2D eigenvalue weighted by Crippen LogP contribution is -2.07. The molecule has 1 N–H and O–H groups in total. The summed E-state index contributed by atoms with van der Waals surface area (Å²) in [5.41, 5.74) is -0.183. The van der Waals surface area contributed by atoms with Crippen LogP contribution in [0.3, 0.4) is 0 Å². The van der Waals surface area contributed by atoms with Crippen LogP contribution in [0, 0.1) is 17.1 Å². The lowest BCUT2D eigenvalue weighted by Gasteiger charge is -2.04. The summed E-state index contributed by atoms with van der Waals surface area (Å²) in [6.45, 7) is 1.80. The number of hydrogen-bond donors (Lipinski definition) is 1. The second kappa shape index (κ2) is 5.27. The van der Waals surface area contributed by atoms with Gasteiger partial charge in [-0.3, -0.25) is 0 Å². The van der Waals surface area contributed by atoms with Crippen molar-refractivity contribution in [2.45, 2.75) is 6.92 Å². The monoisotopic (exact) mass is 260 g/mol. The first-order valence-corrected chi connectivity index (χ1v) is 5.46. The third-order valence-corrected chi connectivity index (χ3v) is 2.39. The average molecular weight is 260 g/mol. The van der Waals surface area contributed by atoms with Crippen LogP contribution in [0.25, 0.3) is 11.3 Å². The fraction of sp³-hybridized carbons (Fsp3) is 0.167. The van der Waals surface area contributed by atoms with E-state index in [1.807, 2.05) is 6.07 Å². The van der Waals surface area contributed by atoms with Crippen molar-refractivity contribution in [3.63, 3.8) is 0 Å². The zero-order valence-corrected chi connectivity index (χ0v) is 9.98. The Morgan fingerprint density at radius 3 is 3.00 bits per heavy atom. The molecule has 7 heteroatoms. The molecule has 0 saturated carbocycles. The van der Waals surface area contributed by atoms with E-state index in [9.17, 15) is 9.18 Å². The van der Waals surface area contributed by atoms with Gasteiger partial charge in [-0.05, 0) is 19.1 Å². The highest BCUT2D eigenvalue weighted by atomic mass is 19.1. The minimum atomic E-state index is -0.724. The molecule has 0 radical (unpaired) electrons. The van der Waals surface area contributed by atoms with E-state index >= 15 is 0 Å². The fourth-order valence-corrected chi connectivity index (χ4v) is 1.60. The smallest absolute Gasteiger partial charge is 0.361 e. The van der Waals surface area contributed by atoms with E-state index in [4.69, 9.17) is 10.00 Å². The van der Waals surface area contributed by atoms with Crippen LogP contribution >= 0.6 is 0 Å². The van der Waals surface area contributed by atoms with E-state index in [1.54, 1.807) is 6.92 Å². The highest BCUT2D eigenvalue weighted by Crippen LogP contribution is 2.27. The lowest BCUT2D eigenvalue weighted by atomic mass is 10.0. The van der Waals surface area contributed by atoms with Crippen molar-refractivity contribution < 1.29 is 13.9 Å². The van der Waals surface area contributed by atoms with E-state index < -0.39 is 11.8 Å². The van der Waals surface area contributed by atoms with Crippen molar-refractivity contribution >= 4 is 5.97 Å². The molecule has 1 heterocycles. The maximum absolute atomic E-state index is 13.8. The van der Waals surface area contributed by atoms with Gasteiger partial charge in [0.15, 0.2) is 5.69 Å². The molecule has 0 aliphatic rings. The summed E-state index contributed by atoms with van der Waals surface area (Å²) in [5.74, 6) is -1.38. The Bertz CT molecular complexity index is 660. The van der Waals surface area contributed by atoms with Gasteiger partial charge in [0.05, 0.1) is 23.8 Å². The number of hydrogen-bond acceptors (Lipinski definition) is 5. The zero-order valence-electron chi connectivity index (χ0n) is 9.98. The summed E-state index contributed by atoms with van der Waals surface area (Å²) in [6.07, 6.45) is 0. The summed E-state index contributed by atoms with van der Waals surface area (Å²) in [6, 6.07) is 5.87. The number of esters is 1. The first kappa shape index (κ1) is 12.7. The Kier molecular flexibility index (Phi) is 3.52. The number of carbonyl (C=O) groups excluding carboxylic acids is 1. The van der Waals surface area contributed by atoms with Gasteiger partial charge in [-0.15, -0.1) is 5.10 Å². The molecular weight excluding hydrogens is 251 g/mol. The number of aromatic nitrogens is 3. The highest BCUT2D eigenvalue weighted by molar-refractivity contribution is 5.94. The third-order valence-electron chi connectivity index (χ3n) is 2.39. The van der Waals surface area contributed by atoms with Crippen molar-refractivity contribution in [3.05, 3.63) is 35.3 Å². The van der Waals surface area contributed by atoms with Crippen LogP contribution in [0.2, 0.25) is 0 Å². The number of ether oxygens (including phenoxy) is 1. The van der Waals surface area contributed by atoms with Gasteiger partial charge in [0.2, 0.25) is 0 Å². The molecule has 0 aliphatic carbocycles. The first-order valence-electron chi connectivity index (χ1n) is 5.46. The number of carbonyl (C=O) groups is 1. The van der Waals surface area contributed by atoms with Gasteiger partial charge < -0.3 is 4.74 Å². The number of nitrogens with one attached hydrogen (secondary N) is 1. The number of nitriles is 1. The summed E-state index contributed by atoms with van der Waals surface area (Å²) in [4.78, 5) is 11.7. The average Bonchev–Trinajstić information content (AvgIpc) is 2.87. The molecule has 0 spiro atoms. The topological polar surface area (TPSA) is 91.7 Å². The number of halogens is 1. The highest BCUT2D eigenvalue weighted by Gasteiger charge is 2.23. The van der Waals surface area contributed by atoms with Crippen molar-refractivity contribution in [1.29, 1.82) is 5.26 Å². The quantitative estimate of drug-likeness (QED) is 0.847. The molecule has 6 nitrogen and oxygen atoms in total. The van der Waals surface area contributed by atoms with Crippen molar-refractivity contribution in [3.8, 4) is 17.3 Å². The number of aromatic amines is 1. The van der Waals surface area contributed by atoms with Crippen LogP contribution in [-0.2, 0) is 4.74 Å². The molecule has 19 heavy (non-hydrogen) atoms. The maximum Gasteiger partial charge on any atom is 0.361 e. The van der Waals surface area contributed by atoms with Gasteiger partial charge in [-0.2, -0.15) is 15.6 Å². The van der Waals surface area contributed by atoms with Crippen LogP contribution in [0.1, 0.15) is 23.0 Å². The molecule has 0 saturated heterocycles. The Labute approximate surface area is 107 Å². The Morgan fingerprint density at radius 2 is 2.32 bits per heavy atom. The lowest BCUT2D eigenvalue weighted by molar-refractivity contribution is 0.0520. The third kappa shape index (κ3) is 2.28. The number of rotatable bonds is 3. The molecule has 0 unspecified atom stereocenters. The van der Waals surface area contributed by atoms with Gasteiger partial charge in [-0.1, -0.05) is 6.07 Å². The molecule has 0 atom stereocenters. The Hall–Kier alpha value is -2.75. The Balaban J connectivity index is 2.59. The molecule has 2 rings (SSSR count). The van der Waals surface area contributed by atoms with Crippen LogP contribution in [-0.4, -0.2) is 28.0 Å². The molecule has 0 aliphatic heterocycles. The maximum atomic E-state index is 13.8. The van der Waals surface area contributed by atoms with Gasteiger partial charge in [0, 0.05) is 0 Å². The normalized spacial score (nSPS) is 9.95. The molecule has 0 fully saturated rings.